The average molecular weight is 318 g/mol. The molecule has 1 amide bonds. The van der Waals surface area contributed by atoms with Crippen LogP contribution in [0.25, 0.3) is 0 Å². The third-order valence-corrected chi connectivity index (χ3v) is 4.56. The Morgan fingerprint density at radius 3 is 2.43 bits per heavy atom. The van der Waals surface area contributed by atoms with Crippen molar-refractivity contribution >= 4 is 17.0 Å². The largest absolute Gasteiger partial charge is 0.352 e. The fourth-order valence-corrected chi connectivity index (χ4v) is 3.16. The Kier molecular flexibility index (Phi) is 7.84. The lowest BCUT2D eigenvalue weighted by Crippen LogP contribution is -2.54. The summed E-state index contributed by atoms with van der Waals surface area (Å²) >= 11 is -1.76. The van der Waals surface area contributed by atoms with Crippen molar-refractivity contribution in [3.63, 3.8) is 0 Å². The Morgan fingerprint density at radius 2 is 1.90 bits per heavy atom. The summed E-state index contributed by atoms with van der Waals surface area (Å²) in [4.78, 5) is 12.5. The predicted molar refractivity (Wildman–Crippen MR) is 86.5 cm³/mol. The van der Waals surface area contributed by atoms with Crippen molar-refractivity contribution in [2.45, 2.75) is 71.4 Å². The summed E-state index contributed by atoms with van der Waals surface area (Å²) in [6, 6.07) is 0.0365. The molecule has 0 bridgehead atoms. The number of carbonyl (C=O) groups is 1. The van der Waals surface area contributed by atoms with Gasteiger partial charge in [0.15, 0.2) is 11.1 Å². The number of nitrogens with one attached hydrogen (secondary N) is 2. The third-order valence-electron chi connectivity index (χ3n) is 3.92. The van der Waals surface area contributed by atoms with Crippen LogP contribution in [0.2, 0.25) is 0 Å². The molecule has 1 aliphatic carbocycles. The van der Waals surface area contributed by atoms with Crippen LogP contribution in [0.15, 0.2) is 0 Å². The van der Waals surface area contributed by atoms with E-state index in [1.807, 2.05) is 20.8 Å². The molecule has 0 saturated heterocycles. The first-order valence-electron chi connectivity index (χ1n) is 7.92. The molecule has 0 aromatic carbocycles. The molecular formula is C15H30N2O3S. The van der Waals surface area contributed by atoms with Crippen LogP contribution < -0.4 is 10.6 Å². The molecule has 0 spiro atoms. The normalized spacial score (nSPS) is 20.0. The van der Waals surface area contributed by atoms with Crippen molar-refractivity contribution in [3.05, 3.63) is 0 Å². The van der Waals surface area contributed by atoms with Crippen LogP contribution in [0, 0.1) is 5.41 Å². The van der Waals surface area contributed by atoms with Gasteiger partial charge in [-0.2, -0.15) is 0 Å². The topological polar surface area (TPSA) is 78.4 Å². The highest BCUT2D eigenvalue weighted by Gasteiger charge is 2.32. The van der Waals surface area contributed by atoms with Gasteiger partial charge in [0, 0.05) is 6.04 Å². The molecule has 1 fully saturated rings. The highest BCUT2D eigenvalue weighted by Crippen LogP contribution is 2.22. The molecule has 2 atom stereocenters. The first-order valence-corrected chi connectivity index (χ1v) is 9.19. The van der Waals surface area contributed by atoms with Gasteiger partial charge in [0.05, 0.1) is 11.8 Å². The van der Waals surface area contributed by atoms with Crippen molar-refractivity contribution in [1.82, 2.24) is 10.6 Å². The van der Waals surface area contributed by atoms with Gasteiger partial charge in [0.2, 0.25) is 5.91 Å². The van der Waals surface area contributed by atoms with Crippen LogP contribution in [0.3, 0.4) is 0 Å². The van der Waals surface area contributed by atoms with E-state index in [9.17, 15) is 9.00 Å². The van der Waals surface area contributed by atoms with E-state index in [-0.39, 0.29) is 23.1 Å². The molecule has 1 aliphatic rings. The van der Waals surface area contributed by atoms with Gasteiger partial charge in [0.25, 0.3) is 0 Å². The lowest BCUT2D eigenvalue weighted by Gasteiger charge is -2.33. The van der Waals surface area contributed by atoms with Gasteiger partial charge in [-0.05, 0) is 31.2 Å². The summed E-state index contributed by atoms with van der Waals surface area (Å²) in [6.45, 7) is 6.69. The molecule has 1 rings (SSSR count). The molecule has 0 aliphatic heterocycles. The number of rotatable bonds is 7. The fraction of sp³-hybridized carbons (Fsp3) is 0.933. The van der Waals surface area contributed by atoms with E-state index in [0.29, 0.717) is 19.0 Å². The molecule has 2 unspecified atom stereocenters. The zero-order valence-corrected chi connectivity index (χ0v) is 14.3. The highest BCUT2D eigenvalue weighted by atomic mass is 32.2. The Labute approximate surface area is 130 Å². The van der Waals surface area contributed by atoms with Gasteiger partial charge in [-0.3, -0.25) is 4.79 Å². The van der Waals surface area contributed by atoms with E-state index in [2.05, 4.69) is 10.6 Å². The molecule has 3 N–H and O–H groups in total. The van der Waals surface area contributed by atoms with E-state index in [1.165, 1.54) is 19.3 Å². The third kappa shape index (κ3) is 7.38. The minimum Gasteiger partial charge on any atom is -0.352 e. The van der Waals surface area contributed by atoms with Crippen LogP contribution in [-0.4, -0.2) is 39.1 Å². The molecule has 1 saturated carbocycles. The van der Waals surface area contributed by atoms with Gasteiger partial charge in [-0.1, -0.05) is 40.0 Å². The molecule has 0 aromatic heterocycles. The molecule has 5 nitrogen and oxygen atoms in total. The maximum Gasteiger partial charge on any atom is 0.237 e. The zero-order valence-electron chi connectivity index (χ0n) is 13.5. The van der Waals surface area contributed by atoms with Crippen LogP contribution in [-0.2, 0) is 15.9 Å². The molecular weight excluding hydrogens is 288 g/mol. The van der Waals surface area contributed by atoms with Crippen LogP contribution in [0.5, 0.6) is 0 Å². The summed E-state index contributed by atoms with van der Waals surface area (Å²) in [7, 11) is 0. The number of hydrogen-bond donors (Lipinski definition) is 3. The second-order valence-corrected chi connectivity index (χ2v) is 8.03. The van der Waals surface area contributed by atoms with Crippen molar-refractivity contribution in [1.29, 1.82) is 0 Å². The van der Waals surface area contributed by atoms with Crippen molar-refractivity contribution in [2.24, 2.45) is 5.41 Å². The smallest absolute Gasteiger partial charge is 0.237 e. The van der Waals surface area contributed by atoms with Gasteiger partial charge < -0.3 is 15.2 Å². The number of amides is 1. The van der Waals surface area contributed by atoms with E-state index in [1.54, 1.807) is 0 Å². The van der Waals surface area contributed by atoms with Crippen molar-refractivity contribution in [3.8, 4) is 0 Å². The average Bonchev–Trinajstić information content (AvgIpc) is 2.37. The molecule has 0 radical (unpaired) electrons. The summed E-state index contributed by atoms with van der Waals surface area (Å²) in [5.74, 6) is 0.299. The molecule has 21 heavy (non-hydrogen) atoms. The summed E-state index contributed by atoms with van der Waals surface area (Å²) < 4.78 is 19.4. The minimum absolute atomic E-state index is 0.0551. The summed E-state index contributed by atoms with van der Waals surface area (Å²) in [5.41, 5.74) is -0.183. The van der Waals surface area contributed by atoms with E-state index >= 15 is 0 Å². The summed E-state index contributed by atoms with van der Waals surface area (Å²) in [5, 5.41) is 6.41. The second-order valence-electron chi connectivity index (χ2n) is 6.98. The SMILES string of the molecule is CC(C)(C)C(NCCCS(=O)O)C(=O)NC1CCCCC1. The Hall–Kier alpha value is -0.460. The van der Waals surface area contributed by atoms with Crippen LogP contribution in [0.4, 0.5) is 0 Å². The van der Waals surface area contributed by atoms with E-state index in [0.717, 1.165) is 12.8 Å². The quantitative estimate of drug-likeness (QED) is 0.496. The monoisotopic (exact) mass is 318 g/mol. The van der Waals surface area contributed by atoms with Gasteiger partial charge in [-0.15, -0.1) is 0 Å². The lowest BCUT2D eigenvalue weighted by molar-refractivity contribution is -0.126. The zero-order chi connectivity index (χ0) is 15.9. The Bertz CT molecular complexity index is 349. The second kappa shape index (κ2) is 8.86. The maximum absolute atomic E-state index is 12.5. The molecule has 6 heteroatoms. The summed E-state index contributed by atoms with van der Waals surface area (Å²) in [6.07, 6.45) is 6.40. The first kappa shape index (κ1) is 18.6. The lowest BCUT2D eigenvalue weighted by atomic mass is 9.85. The van der Waals surface area contributed by atoms with Crippen molar-refractivity contribution in [2.75, 3.05) is 12.3 Å². The number of hydrogen-bond acceptors (Lipinski definition) is 3. The van der Waals surface area contributed by atoms with Gasteiger partial charge >= 0.3 is 0 Å². The van der Waals surface area contributed by atoms with Gasteiger partial charge in [0.1, 0.15) is 0 Å². The fourth-order valence-electron chi connectivity index (χ4n) is 2.77. The standard InChI is InChI=1S/C15H30N2O3S/c1-15(2,3)13(16-10-7-11-21(19)20)14(18)17-12-8-5-4-6-9-12/h12-13,16H,4-11H2,1-3H3,(H,17,18)(H,19,20). The minimum atomic E-state index is -1.76. The van der Waals surface area contributed by atoms with Crippen LogP contribution >= 0.6 is 0 Å². The van der Waals surface area contributed by atoms with Crippen molar-refractivity contribution < 1.29 is 13.6 Å². The van der Waals surface area contributed by atoms with E-state index < -0.39 is 11.1 Å². The first-order chi connectivity index (χ1) is 9.80. The highest BCUT2D eigenvalue weighted by molar-refractivity contribution is 7.79. The molecule has 0 aromatic rings. The molecule has 124 valence electrons. The Morgan fingerprint density at radius 1 is 1.29 bits per heavy atom. The number of carbonyl (C=O) groups excluding carboxylic acids is 1. The maximum atomic E-state index is 12.5. The van der Waals surface area contributed by atoms with E-state index in [4.69, 9.17) is 4.55 Å². The predicted octanol–water partition coefficient (Wildman–Crippen LogP) is 2.05. The van der Waals surface area contributed by atoms with Gasteiger partial charge in [-0.25, -0.2) is 4.21 Å². The van der Waals surface area contributed by atoms with Crippen LogP contribution in [0.1, 0.15) is 59.3 Å². The Balaban J connectivity index is 2.47. The molecule has 0 heterocycles.